The van der Waals surface area contributed by atoms with Crippen LogP contribution in [-0.2, 0) is 6.54 Å². The molecule has 0 atom stereocenters. The molecule has 1 aromatic carbocycles. The van der Waals surface area contributed by atoms with Gasteiger partial charge >= 0.3 is 0 Å². The molecule has 0 saturated heterocycles. The van der Waals surface area contributed by atoms with E-state index in [4.69, 9.17) is 4.74 Å². The Morgan fingerprint density at radius 1 is 1.33 bits per heavy atom. The van der Waals surface area contributed by atoms with Gasteiger partial charge in [0.15, 0.2) is 5.96 Å². The topological polar surface area (TPSA) is 36.9 Å². The molecule has 0 aromatic heterocycles. The molecular weight excluding hydrogens is 341 g/mol. The predicted octanol–water partition coefficient (Wildman–Crippen LogP) is 2.34. The molecule has 102 valence electrons. The summed E-state index contributed by atoms with van der Waals surface area (Å²) in [4.78, 5) is 6.12. The molecule has 4 nitrogen and oxygen atoms in total. The summed E-state index contributed by atoms with van der Waals surface area (Å²) in [5.74, 6) is 1.79. The Labute approximate surface area is 126 Å². The molecule has 0 spiro atoms. The van der Waals surface area contributed by atoms with Crippen LogP contribution in [-0.4, -0.2) is 38.6 Å². The van der Waals surface area contributed by atoms with Gasteiger partial charge in [-0.2, -0.15) is 0 Å². The lowest BCUT2D eigenvalue weighted by atomic mass is 10.2. The first-order chi connectivity index (χ1) is 8.19. The molecular formula is C13H22IN3O. The highest BCUT2D eigenvalue weighted by atomic mass is 127. The summed E-state index contributed by atoms with van der Waals surface area (Å²) in [5.41, 5.74) is 1.14. The number of aliphatic imine (C=N–C) groups is 1. The van der Waals surface area contributed by atoms with Crippen LogP contribution in [0.15, 0.2) is 29.3 Å². The lowest BCUT2D eigenvalue weighted by molar-refractivity contribution is 0.336. The summed E-state index contributed by atoms with van der Waals surface area (Å²) in [6.45, 7) is 3.38. The van der Waals surface area contributed by atoms with Gasteiger partial charge in [-0.05, 0) is 13.0 Å². The van der Waals surface area contributed by atoms with Crippen LogP contribution in [0.4, 0.5) is 0 Å². The summed E-state index contributed by atoms with van der Waals surface area (Å²) in [6, 6.07) is 8.03. The number of guanidine groups is 1. The van der Waals surface area contributed by atoms with E-state index in [1.54, 1.807) is 7.05 Å². The molecule has 0 aliphatic heterocycles. The van der Waals surface area contributed by atoms with Gasteiger partial charge in [0.05, 0.1) is 6.61 Å². The van der Waals surface area contributed by atoms with Crippen LogP contribution < -0.4 is 10.1 Å². The van der Waals surface area contributed by atoms with Crippen LogP contribution in [0.25, 0.3) is 0 Å². The van der Waals surface area contributed by atoms with E-state index in [1.807, 2.05) is 44.1 Å². The van der Waals surface area contributed by atoms with Crippen LogP contribution in [0.5, 0.6) is 5.75 Å². The highest BCUT2D eigenvalue weighted by Crippen LogP contribution is 2.17. The molecule has 5 heteroatoms. The Hall–Kier alpha value is -0.980. The fourth-order valence-electron chi connectivity index (χ4n) is 1.56. The molecule has 0 bridgehead atoms. The van der Waals surface area contributed by atoms with Gasteiger partial charge in [-0.15, -0.1) is 24.0 Å². The zero-order valence-corrected chi connectivity index (χ0v) is 13.8. The number of para-hydroxylation sites is 1. The minimum absolute atomic E-state index is 0. The number of halogens is 1. The summed E-state index contributed by atoms with van der Waals surface area (Å²) in [6.07, 6.45) is 0. The number of nitrogens with one attached hydrogen (secondary N) is 1. The van der Waals surface area contributed by atoms with Gasteiger partial charge in [0.2, 0.25) is 0 Å². The summed E-state index contributed by atoms with van der Waals surface area (Å²) in [7, 11) is 5.70. The average molecular weight is 363 g/mol. The van der Waals surface area contributed by atoms with Crippen LogP contribution in [0.3, 0.4) is 0 Å². The molecule has 0 fully saturated rings. The van der Waals surface area contributed by atoms with Crippen LogP contribution in [0.1, 0.15) is 12.5 Å². The zero-order chi connectivity index (χ0) is 12.7. The molecule has 0 unspecified atom stereocenters. The first kappa shape index (κ1) is 17.0. The Kier molecular flexibility index (Phi) is 8.53. The minimum atomic E-state index is 0. The number of hydrogen-bond donors (Lipinski definition) is 1. The molecule has 0 radical (unpaired) electrons. The number of benzene rings is 1. The van der Waals surface area contributed by atoms with Crippen molar-refractivity contribution in [3.63, 3.8) is 0 Å². The first-order valence-corrected chi connectivity index (χ1v) is 5.77. The molecule has 1 aromatic rings. The smallest absolute Gasteiger partial charge is 0.193 e. The van der Waals surface area contributed by atoms with Gasteiger partial charge in [-0.1, -0.05) is 18.2 Å². The van der Waals surface area contributed by atoms with Crippen LogP contribution >= 0.6 is 24.0 Å². The molecule has 0 saturated carbocycles. The van der Waals surface area contributed by atoms with Crippen molar-refractivity contribution in [1.29, 1.82) is 0 Å². The third-order valence-corrected chi connectivity index (χ3v) is 2.34. The van der Waals surface area contributed by atoms with E-state index < -0.39 is 0 Å². The molecule has 1 rings (SSSR count). The van der Waals surface area contributed by atoms with E-state index in [0.717, 1.165) is 17.3 Å². The van der Waals surface area contributed by atoms with E-state index in [0.29, 0.717) is 13.2 Å². The standard InChI is InChI=1S/C13H21N3O.HI/c1-5-17-12-9-7-6-8-11(12)10-15-13(14-2)16(3)4;/h6-9H,5,10H2,1-4H3,(H,14,15);1H. The van der Waals surface area contributed by atoms with Crippen molar-refractivity contribution in [2.75, 3.05) is 27.7 Å². The van der Waals surface area contributed by atoms with E-state index in [-0.39, 0.29) is 24.0 Å². The van der Waals surface area contributed by atoms with Crippen LogP contribution in [0, 0.1) is 0 Å². The van der Waals surface area contributed by atoms with Gasteiger partial charge in [-0.25, -0.2) is 0 Å². The Morgan fingerprint density at radius 2 is 2.00 bits per heavy atom. The Balaban J connectivity index is 0.00000289. The number of hydrogen-bond acceptors (Lipinski definition) is 2. The van der Waals surface area contributed by atoms with E-state index in [2.05, 4.69) is 16.4 Å². The normalized spacial score (nSPS) is 10.6. The summed E-state index contributed by atoms with van der Waals surface area (Å²) < 4.78 is 5.57. The van der Waals surface area contributed by atoms with E-state index >= 15 is 0 Å². The number of rotatable bonds is 4. The maximum absolute atomic E-state index is 5.57. The predicted molar refractivity (Wildman–Crippen MR) is 86.9 cm³/mol. The van der Waals surface area contributed by atoms with E-state index in [1.165, 1.54) is 0 Å². The van der Waals surface area contributed by atoms with Crippen molar-refractivity contribution in [2.45, 2.75) is 13.5 Å². The van der Waals surface area contributed by atoms with Gasteiger partial charge in [-0.3, -0.25) is 4.99 Å². The summed E-state index contributed by atoms with van der Waals surface area (Å²) >= 11 is 0. The average Bonchev–Trinajstić information content (AvgIpc) is 2.32. The third kappa shape index (κ3) is 5.12. The van der Waals surface area contributed by atoms with Gasteiger partial charge in [0.25, 0.3) is 0 Å². The van der Waals surface area contributed by atoms with Crippen LogP contribution in [0.2, 0.25) is 0 Å². The van der Waals surface area contributed by atoms with Gasteiger partial charge < -0.3 is 15.0 Å². The fourth-order valence-corrected chi connectivity index (χ4v) is 1.56. The second-order valence-corrected chi connectivity index (χ2v) is 3.84. The molecule has 0 amide bonds. The zero-order valence-electron chi connectivity index (χ0n) is 11.4. The fraction of sp³-hybridized carbons (Fsp3) is 0.462. The summed E-state index contributed by atoms with van der Waals surface area (Å²) in [5, 5.41) is 3.28. The second kappa shape index (κ2) is 9.02. The highest BCUT2D eigenvalue weighted by Gasteiger charge is 2.04. The second-order valence-electron chi connectivity index (χ2n) is 3.84. The minimum Gasteiger partial charge on any atom is -0.494 e. The van der Waals surface area contributed by atoms with Crippen molar-refractivity contribution in [3.8, 4) is 5.75 Å². The van der Waals surface area contributed by atoms with Gasteiger partial charge in [0.1, 0.15) is 5.75 Å². The molecule has 18 heavy (non-hydrogen) atoms. The monoisotopic (exact) mass is 363 g/mol. The lowest BCUT2D eigenvalue weighted by Gasteiger charge is -2.18. The maximum atomic E-state index is 5.57. The van der Waals surface area contributed by atoms with Crippen molar-refractivity contribution in [1.82, 2.24) is 10.2 Å². The van der Waals surface area contributed by atoms with Crippen molar-refractivity contribution in [3.05, 3.63) is 29.8 Å². The molecule has 0 aliphatic carbocycles. The van der Waals surface area contributed by atoms with Gasteiger partial charge in [0, 0.05) is 33.3 Å². The van der Waals surface area contributed by atoms with Crippen molar-refractivity contribution >= 4 is 29.9 Å². The highest BCUT2D eigenvalue weighted by molar-refractivity contribution is 14.0. The lowest BCUT2D eigenvalue weighted by Crippen LogP contribution is -2.35. The molecule has 1 N–H and O–H groups in total. The van der Waals surface area contributed by atoms with Crippen molar-refractivity contribution < 1.29 is 4.74 Å². The number of ether oxygens (including phenoxy) is 1. The maximum Gasteiger partial charge on any atom is 0.193 e. The number of nitrogens with zero attached hydrogens (tertiary/aromatic N) is 2. The third-order valence-electron chi connectivity index (χ3n) is 2.34. The molecule has 0 heterocycles. The van der Waals surface area contributed by atoms with E-state index in [9.17, 15) is 0 Å². The Morgan fingerprint density at radius 3 is 2.56 bits per heavy atom. The molecule has 0 aliphatic rings. The largest absolute Gasteiger partial charge is 0.494 e. The SMILES string of the molecule is CCOc1ccccc1CNC(=NC)N(C)C.I. The quantitative estimate of drug-likeness (QED) is 0.507. The first-order valence-electron chi connectivity index (χ1n) is 5.77. The Bertz CT molecular complexity index is 380. The van der Waals surface area contributed by atoms with Crippen molar-refractivity contribution in [2.24, 2.45) is 4.99 Å².